The molecule has 2 amide bonds. The molecule has 0 aliphatic carbocycles. The Morgan fingerprint density at radius 2 is 2.17 bits per heavy atom. The predicted molar refractivity (Wildman–Crippen MR) is 88.7 cm³/mol. The summed E-state index contributed by atoms with van der Waals surface area (Å²) in [7, 11) is 0. The quantitative estimate of drug-likeness (QED) is 0.819. The van der Waals surface area contributed by atoms with Crippen molar-refractivity contribution in [2.24, 2.45) is 0 Å². The van der Waals surface area contributed by atoms with Crippen molar-refractivity contribution in [1.82, 2.24) is 15.8 Å². The van der Waals surface area contributed by atoms with E-state index < -0.39 is 6.04 Å². The van der Waals surface area contributed by atoms with Crippen LogP contribution in [0.4, 0.5) is 0 Å². The third-order valence-electron chi connectivity index (χ3n) is 4.39. The highest BCUT2D eigenvalue weighted by Gasteiger charge is 2.28. The lowest BCUT2D eigenvalue weighted by Gasteiger charge is -2.24. The molecule has 6 nitrogen and oxygen atoms in total. The molecule has 0 saturated heterocycles. The Labute approximate surface area is 140 Å². The maximum atomic E-state index is 12.3. The van der Waals surface area contributed by atoms with Crippen LogP contribution in [-0.4, -0.2) is 29.6 Å². The number of nitrogens with zero attached hydrogens (tertiary/aromatic N) is 1. The number of hydrogen-bond acceptors (Lipinski definition) is 4. The molecule has 126 valence electrons. The smallest absolute Gasteiger partial charge is 0.252 e. The fraction of sp³-hybridized carbons (Fsp3) is 0.389. The van der Waals surface area contributed by atoms with Crippen molar-refractivity contribution in [3.8, 4) is 0 Å². The topological polar surface area (TPSA) is 84.2 Å². The molecule has 0 bridgehead atoms. The molecule has 0 spiro atoms. The molecule has 1 aliphatic heterocycles. The van der Waals surface area contributed by atoms with Gasteiger partial charge in [-0.15, -0.1) is 0 Å². The van der Waals surface area contributed by atoms with Crippen molar-refractivity contribution in [1.29, 1.82) is 0 Å². The number of rotatable bonds is 5. The van der Waals surface area contributed by atoms with Crippen molar-refractivity contribution in [3.63, 3.8) is 0 Å². The number of benzene rings is 1. The summed E-state index contributed by atoms with van der Waals surface area (Å²) in [5.74, 6) is 0.499. The van der Waals surface area contributed by atoms with Crippen LogP contribution in [0.5, 0.6) is 0 Å². The maximum Gasteiger partial charge on any atom is 0.252 e. The van der Waals surface area contributed by atoms with Crippen LogP contribution in [0.15, 0.2) is 28.8 Å². The number of aryl methyl sites for hydroxylation is 2. The van der Waals surface area contributed by atoms with Gasteiger partial charge in [0.2, 0.25) is 5.91 Å². The first-order valence-corrected chi connectivity index (χ1v) is 8.14. The average molecular weight is 327 g/mol. The van der Waals surface area contributed by atoms with Crippen LogP contribution >= 0.6 is 0 Å². The monoisotopic (exact) mass is 327 g/mol. The Morgan fingerprint density at radius 1 is 1.38 bits per heavy atom. The van der Waals surface area contributed by atoms with E-state index in [2.05, 4.69) is 15.8 Å². The first-order valence-electron chi connectivity index (χ1n) is 8.14. The number of carbonyl (C=O) groups is 2. The van der Waals surface area contributed by atoms with Crippen LogP contribution in [0.3, 0.4) is 0 Å². The van der Waals surface area contributed by atoms with Gasteiger partial charge < -0.3 is 15.2 Å². The van der Waals surface area contributed by atoms with Crippen molar-refractivity contribution in [2.75, 3.05) is 6.54 Å². The van der Waals surface area contributed by atoms with Gasteiger partial charge in [-0.1, -0.05) is 23.4 Å². The van der Waals surface area contributed by atoms with E-state index in [1.54, 1.807) is 6.07 Å². The third kappa shape index (κ3) is 3.32. The Balaban J connectivity index is 1.50. The van der Waals surface area contributed by atoms with Crippen molar-refractivity contribution in [3.05, 3.63) is 52.4 Å². The van der Waals surface area contributed by atoms with Gasteiger partial charge >= 0.3 is 0 Å². The first kappa shape index (κ1) is 16.2. The van der Waals surface area contributed by atoms with Gasteiger partial charge in [0.25, 0.3) is 5.91 Å². The van der Waals surface area contributed by atoms with E-state index in [1.165, 1.54) is 0 Å². The summed E-state index contributed by atoms with van der Waals surface area (Å²) in [4.78, 5) is 24.3. The number of aromatic nitrogens is 1. The average Bonchev–Trinajstić information content (AvgIpc) is 2.90. The lowest BCUT2D eigenvalue weighted by molar-refractivity contribution is -0.123. The van der Waals surface area contributed by atoms with Crippen molar-refractivity contribution in [2.45, 2.75) is 39.2 Å². The van der Waals surface area contributed by atoms with E-state index in [-0.39, 0.29) is 11.8 Å². The van der Waals surface area contributed by atoms with E-state index >= 15 is 0 Å². The SMILES string of the molecule is Cc1noc(C)c1CCCNC(=O)[C@H]1Cc2ccccc2C(=O)N1. The standard InChI is InChI=1S/C18H21N3O3/c1-11-14(12(2)24-21-11)8-5-9-19-18(23)16-10-13-6-3-4-7-15(13)17(22)20-16/h3-4,6-7,16H,5,8-10H2,1-2H3,(H,19,23)(H,20,22)/t16-/m1/s1. The second-order valence-corrected chi connectivity index (χ2v) is 6.08. The molecule has 1 aromatic carbocycles. The van der Waals surface area contributed by atoms with Crippen LogP contribution in [0.2, 0.25) is 0 Å². The van der Waals surface area contributed by atoms with Crippen LogP contribution in [0, 0.1) is 13.8 Å². The molecule has 1 atom stereocenters. The predicted octanol–water partition coefficient (Wildman–Crippen LogP) is 1.69. The van der Waals surface area contributed by atoms with Gasteiger partial charge in [0.05, 0.1) is 5.69 Å². The minimum Gasteiger partial charge on any atom is -0.361 e. The normalized spacial score (nSPS) is 16.4. The second kappa shape index (κ2) is 6.86. The zero-order valence-corrected chi connectivity index (χ0v) is 13.9. The Morgan fingerprint density at radius 3 is 2.92 bits per heavy atom. The summed E-state index contributed by atoms with van der Waals surface area (Å²) < 4.78 is 5.13. The molecule has 2 N–H and O–H groups in total. The minimum absolute atomic E-state index is 0.142. The number of fused-ring (bicyclic) bond motifs is 1. The lowest BCUT2D eigenvalue weighted by Crippen LogP contribution is -2.51. The van der Waals surface area contributed by atoms with Gasteiger partial charge in [-0.3, -0.25) is 9.59 Å². The summed E-state index contributed by atoms with van der Waals surface area (Å²) in [6.07, 6.45) is 2.13. The van der Waals surface area contributed by atoms with E-state index in [4.69, 9.17) is 4.52 Å². The van der Waals surface area contributed by atoms with Crippen LogP contribution in [0.1, 0.15) is 39.4 Å². The zero-order valence-electron chi connectivity index (χ0n) is 13.9. The third-order valence-corrected chi connectivity index (χ3v) is 4.39. The van der Waals surface area contributed by atoms with E-state index in [1.807, 2.05) is 32.0 Å². The molecule has 1 aromatic heterocycles. The number of hydrogen-bond donors (Lipinski definition) is 2. The second-order valence-electron chi connectivity index (χ2n) is 6.08. The molecule has 0 radical (unpaired) electrons. The maximum absolute atomic E-state index is 12.3. The highest BCUT2D eigenvalue weighted by molar-refractivity contribution is 6.00. The molecule has 0 fully saturated rings. The largest absolute Gasteiger partial charge is 0.361 e. The molecule has 3 rings (SSSR count). The number of amides is 2. The summed E-state index contributed by atoms with van der Waals surface area (Å²) >= 11 is 0. The Bertz CT molecular complexity index is 747. The minimum atomic E-state index is -0.508. The molecule has 2 heterocycles. The molecule has 6 heteroatoms. The van der Waals surface area contributed by atoms with Crippen molar-refractivity contribution < 1.29 is 14.1 Å². The number of carbonyl (C=O) groups excluding carboxylic acids is 2. The van der Waals surface area contributed by atoms with Gasteiger partial charge in [0, 0.05) is 24.1 Å². The molecule has 1 aliphatic rings. The van der Waals surface area contributed by atoms with Gasteiger partial charge in [-0.05, 0) is 38.3 Å². The van der Waals surface area contributed by atoms with E-state index in [0.717, 1.165) is 35.4 Å². The molecular formula is C18H21N3O3. The molecule has 2 aromatic rings. The van der Waals surface area contributed by atoms with E-state index in [9.17, 15) is 9.59 Å². The van der Waals surface area contributed by atoms with Crippen LogP contribution in [-0.2, 0) is 17.6 Å². The van der Waals surface area contributed by atoms with Gasteiger partial charge in [-0.2, -0.15) is 0 Å². The van der Waals surface area contributed by atoms with Gasteiger partial charge in [0.15, 0.2) is 0 Å². The molecule has 0 unspecified atom stereocenters. The van der Waals surface area contributed by atoms with Crippen LogP contribution in [0.25, 0.3) is 0 Å². The summed E-state index contributed by atoms with van der Waals surface area (Å²) in [6, 6.07) is 6.88. The highest BCUT2D eigenvalue weighted by atomic mass is 16.5. The van der Waals surface area contributed by atoms with Gasteiger partial charge in [0.1, 0.15) is 11.8 Å². The van der Waals surface area contributed by atoms with Crippen molar-refractivity contribution >= 4 is 11.8 Å². The first-order chi connectivity index (χ1) is 11.6. The lowest BCUT2D eigenvalue weighted by atomic mass is 9.95. The number of nitrogens with one attached hydrogen (secondary N) is 2. The van der Waals surface area contributed by atoms with Crippen LogP contribution < -0.4 is 10.6 Å². The summed E-state index contributed by atoms with van der Waals surface area (Å²) in [6.45, 7) is 4.36. The van der Waals surface area contributed by atoms with E-state index in [0.29, 0.717) is 18.5 Å². The Hall–Kier alpha value is -2.63. The zero-order chi connectivity index (χ0) is 17.1. The summed E-state index contributed by atoms with van der Waals surface area (Å²) in [5.41, 5.74) is 3.57. The summed E-state index contributed by atoms with van der Waals surface area (Å²) in [5, 5.41) is 9.59. The molecule has 24 heavy (non-hydrogen) atoms. The van der Waals surface area contributed by atoms with Gasteiger partial charge in [-0.25, -0.2) is 0 Å². The fourth-order valence-corrected chi connectivity index (χ4v) is 3.04. The fourth-order valence-electron chi connectivity index (χ4n) is 3.04. The highest BCUT2D eigenvalue weighted by Crippen LogP contribution is 2.17. The molecular weight excluding hydrogens is 306 g/mol. The molecule has 0 saturated carbocycles. The Kier molecular flexibility index (Phi) is 4.64.